The molecule has 0 unspecified atom stereocenters. The van der Waals surface area contributed by atoms with E-state index in [1.54, 1.807) is 11.1 Å². The number of hydrogen-bond donors (Lipinski definition) is 1. The van der Waals surface area contributed by atoms with E-state index in [1.165, 1.54) is 6.08 Å². The summed E-state index contributed by atoms with van der Waals surface area (Å²) in [5.41, 5.74) is 1.26. The Morgan fingerprint density at radius 3 is 2.55 bits per heavy atom. The first-order chi connectivity index (χ1) is 15.1. The lowest BCUT2D eigenvalue weighted by molar-refractivity contribution is -0.135. The molecule has 2 amide bonds. The Hall–Kier alpha value is -2.99. The average Bonchev–Trinajstić information content (AvgIpc) is 2.85. The molecule has 0 bridgehead atoms. The molecule has 31 heavy (non-hydrogen) atoms. The molecule has 6 heteroatoms. The van der Waals surface area contributed by atoms with Gasteiger partial charge in [-0.15, -0.1) is 0 Å². The molecule has 2 aliphatic rings. The van der Waals surface area contributed by atoms with Crippen molar-refractivity contribution in [2.75, 3.05) is 19.7 Å². The van der Waals surface area contributed by atoms with Gasteiger partial charge >= 0.3 is 0 Å². The second kappa shape index (κ2) is 9.43. The maximum absolute atomic E-state index is 13.7. The minimum absolute atomic E-state index is 0.0293. The first kappa shape index (κ1) is 21.2. The molecule has 162 valence electrons. The first-order valence-electron chi connectivity index (χ1n) is 10.9. The van der Waals surface area contributed by atoms with E-state index in [1.807, 2.05) is 48.5 Å². The molecule has 0 radical (unpaired) electrons. The van der Waals surface area contributed by atoms with Crippen molar-refractivity contribution in [3.63, 3.8) is 0 Å². The second-order valence-electron chi connectivity index (χ2n) is 8.29. The van der Waals surface area contributed by atoms with E-state index in [9.17, 15) is 9.59 Å². The van der Waals surface area contributed by atoms with E-state index in [0.717, 1.165) is 17.7 Å². The third-order valence-electron chi connectivity index (χ3n) is 6.50. The zero-order valence-corrected chi connectivity index (χ0v) is 17.7. The van der Waals surface area contributed by atoms with Crippen LogP contribution in [0.15, 0.2) is 67.4 Å². The van der Waals surface area contributed by atoms with Gasteiger partial charge in [-0.05, 0) is 49.5 Å². The van der Waals surface area contributed by atoms with Gasteiger partial charge in [-0.2, -0.15) is 0 Å². The smallest absolute Gasteiger partial charge is 0.245 e. The zero-order chi connectivity index (χ0) is 21.7. The number of rotatable bonds is 5. The fourth-order valence-corrected chi connectivity index (χ4v) is 4.67. The Labute approximate surface area is 183 Å². The van der Waals surface area contributed by atoms with E-state index in [2.05, 4.69) is 16.9 Å². The Bertz CT molecular complexity index is 908. The molecule has 0 spiro atoms. The molecule has 2 aromatic rings. The molecule has 1 aromatic heterocycles. The highest BCUT2D eigenvalue weighted by Gasteiger charge is 2.44. The monoisotopic (exact) mass is 419 g/mol. The van der Waals surface area contributed by atoms with Crippen LogP contribution in [0.2, 0.25) is 0 Å². The molecule has 1 aromatic carbocycles. The molecule has 1 N–H and O–H groups in total. The highest BCUT2D eigenvalue weighted by Crippen LogP contribution is 2.37. The Morgan fingerprint density at radius 1 is 1.13 bits per heavy atom. The number of hydrogen-bond acceptors (Lipinski definition) is 4. The fraction of sp³-hybridized carbons (Fsp3) is 0.400. The van der Waals surface area contributed by atoms with Crippen LogP contribution < -0.4 is 5.32 Å². The number of aromatic nitrogens is 1. The van der Waals surface area contributed by atoms with Crippen LogP contribution in [0.5, 0.6) is 0 Å². The van der Waals surface area contributed by atoms with Crippen molar-refractivity contribution < 1.29 is 14.3 Å². The summed E-state index contributed by atoms with van der Waals surface area (Å²) in [7, 11) is 0. The van der Waals surface area contributed by atoms with E-state index in [0.29, 0.717) is 39.0 Å². The average molecular weight is 420 g/mol. The largest absolute Gasteiger partial charge is 0.372 e. The number of ether oxygens (including phenoxy) is 1. The van der Waals surface area contributed by atoms with Gasteiger partial charge < -0.3 is 15.0 Å². The van der Waals surface area contributed by atoms with Gasteiger partial charge in [0.2, 0.25) is 11.8 Å². The normalized spacial score (nSPS) is 23.0. The van der Waals surface area contributed by atoms with Crippen molar-refractivity contribution in [2.45, 2.75) is 43.2 Å². The van der Waals surface area contributed by atoms with Crippen LogP contribution in [0.25, 0.3) is 0 Å². The van der Waals surface area contributed by atoms with Gasteiger partial charge in [-0.25, -0.2) is 0 Å². The number of carbonyl (C=O) groups excluding carboxylic acids is 2. The van der Waals surface area contributed by atoms with Crippen molar-refractivity contribution in [1.29, 1.82) is 0 Å². The second-order valence-corrected chi connectivity index (χ2v) is 8.29. The lowest BCUT2D eigenvalue weighted by atomic mass is 9.71. The molecule has 2 atom stereocenters. The molecule has 2 saturated heterocycles. The van der Waals surface area contributed by atoms with Crippen molar-refractivity contribution in [2.24, 2.45) is 0 Å². The molecule has 0 saturated carbocycles. The van der Waals surface area contributed by atoms with E-state index >= 15 is 0 Å². The van der Waals surface area contributed by atoms with Crippen molar-refractivity contribution in [3.8, 4) is 0 Å². The third kappa shape index (κ3) is 4.54. The summed E-state index contributed by atoms with van der Waals surface area (Å²) >= 11 is 0. The van der Waals surface area contributed by atoms with Gasteiger partial charge in [-0.1, -0.05) is 43.0 Å². The van der Waals surface area contributed by atoms with Gasteiger partial charge in [0.25, 0.3) is 0 Å². The summed E-state index contributed by atoms with van der Waals surface area (Å²) in [5, 5.41) is 3.32. The zero-order valence-electron chi connectivity index (χ0n) is 17.7. The van der Waals surface area contributed by atoms with Crippen LogP contribution in [0.3, 0.4) is 0 Å². The number of likely N-dealkylation sites (tertiary alicyclic amines) is 1. The number of pyridine rings is 1. The molecule has 6 nitrogen and oxygen atoms in total. The van der Waals surface area contributed by atoms with Gasteiger partial charge in [-0.3, -0.25) is 14.6 Å². The SMILES string of the molecule is C=CC(=O)N1CCC(C(=O)N[C@@H]2CCO[C@@H](c3ccccn3)C2)(c2ccccc2)CC1. The van der Waals surface area contributed by atoms with Crippen molar-refractivity contribution in [3.05, 3.63) is 78.6 Å². The van der Waals surface area contributed by atoms with Crippen molar-refractivity contribution in [1.82, 2.24) is 15.2 Å². The Morgan fingerprint density at radius 2 is 1.87 bits per heavy atom. The van der Waals surface area contributed by atoms with Crippen LogP contribution in [0.1, 0.15) is 43.0 Å². The van der Waals surface area contributed by atoms with Crippen LogP contribution in [0.4, 0.5) is 0 Å². The summed E-state index contributed by atoms with van der Waals surface area (Å²) in [6, 6.07) is 15.8. The highest BCUT2D eigenvalue weighted by atomic mass is 16.5. The summed E-state index contributed by atoms with van der Waals surface area (Å²) in [6.07, 6.45) is 5.67. The van der Waals surface area contributed by atoms with E-state index in [-0.39, 0.29) is 24.0 Å². The summed E-state index contributed by atoms with van der Waals surface area (Å²) < 4.78 is 5.92. The number of nitrogens with one attached hydrogen (secondary N) is 1. The lowest BCUT2D eigenvalue weighted by Gasteiger charge is -2.42. The van der Waals surface area contributed by atoms with Gasteiger partial charge in [0.15, 0.2) is 0 Å². The molecular weight excluding hydrogens is 390 g/mol. The molecule has 2 fully saturated rings. The maximum Gasteiger partial charge on any atom is 0.245 e. The van der Waals surface area contributed by atoms with Gasteiger partial charge in [0.05, 0.1) is 11.1 Å². The van der Waals surface area contributed by atoms with E-state index < -0.39 is 5.41 Å². The summed E-state index contributed by atoms with van der Waals surface area (Å²) in [6.45, 7) is 5.26. The number of amides is 2. The fourth-order valence-electron chi connectivity index (χ4n) is 4.67. The molecule has 4 rings (SSSR count). The predicted molar refractivity (Wildman–Crippen MR) is 118 cm³/mol. The van der Waals surface area contributed by atoms with Gasteiger partial charge in [0.1, 0.15) is 6.10 Å². The highest BCUT2D eigenvalue weighted by molar-refractivity contribution is 5.90. The quantitative estimate of drug-likeness (QED) is 0.756. The molecule has 0 aliphatic carbocycles. The minimum Gasteiger partial charge on any atom is -0.372 e. The third-order valence-corrected chi connectivity index (χ3v) is 6.50. The topological polar surface area (TPSA) is 71.5 Å². The minimum atomic E-state index is -0.641. The van der Waals surface area contributed by atoms with Gasteiger partial charge in [0, 0.05) is 31.9 Å². The maximum atomic E-state index is 13.7. The molecular formula is C25H29N3O3. The Balaban J connectivity index is 1.50. The number of carbonyl (C=O) groups is 2. The van der Waals surface area contributed by atoms with Crippen LogP contribution in [0, 0.1) is 0 Å². The van der Waals surface area contributed by atoms with E-state index in [4.69, 9.17) is 4.74 Å². The standard InChI is InChI=1S/C25H29N3O3/c1-2-23(29)28-15-12-25(13-16-28,19-8-4-3-5-9-19)24(30)27-20-11-17-31-22(18-20)21-10-6-7-14-26-21/h2-10,14,20,22H,1,11-13,15-18H2,(H,27,30)/t20-,22-/m1/s1. The van der Waals surface area contributed by atoms with Crippen LogP contribution in [-0.2, 0) is 19.7 Å². The van der Waals surface area contributed by atoms with Crippen LogP contribution >= 0.6 is 0 Å². The summed E-state index contributed by atoms with van der Waals surface area (Å²) in [5.74, 6) is -0.0409. The van der Waals surface area contributed by atoms with Crippen molar-refractivity contribution >= 4 is 11.8 Å². The van der Waals surface area contributed by atoms with Crippen LogP contribution in [-0.4, -0.2) is 47.4 Å². The lowest BCUT2D eigenvalue weighted by Crippen LogP contribution is -2.55. The first-order valence-corrected chi connectivity index (χ1v) is 10.9. The molecule has 3 heterocycles. The Kier molecular flexibility index (Phi) is 6.47. The number of nitrogens with zero attached hydrogens (tertiary/aromatic N) is 2. The summed E-state index contributed by atoms with van der Waals surface area (Å²) in [4.78, 5) is 31.9. The molecule has 2 aliphatic heterocycles. The number of benzene rings is 1. The number of piperidine rings is 1. The predicted octanol–water partition coefficient (Wildman–Crippen LogP) is 3.16.